The van der Waals surface area contributed by atoms with Crippen LogP contribution < -0.4 is 0 Å². The monoisotopic (exact) mass is 646 g/mol. The van der Waals surface area contributed by atoms with Crippen LogP contribution in [0.2, 0.25) is 0 Å². The Labute approximate surface area is 291 Å². The predicted molar refractivity (Wildman–Crippen MR) is 210 cm³/mol. The standard InChI is InChI=1S/C44H62N4/c1-5-9-13-17-21-33-37-25-27-39(45-37)34(22-18-14-10-6-2)41-29-31-43(47-41)36(24-20-16-12-8-4)44-32-30-42(48-44)35(23-19-15-11-7-3)40-28-26-38(33)46-40/h25-32,45,48H,5-24H2,1-4H3. The van der Waals surface area contributed by atoms with Gasteiger partial charge in [-0.1, -0.05) is 105 Å². The van der Waals surface area contributed by atoms with E-state index in [1.165, 1.54) is 147 Å². The summed E-state index contributed by atoms with van der Waals surface area (Å²) in [6, 6.07) is 9.24. The molecule has 2 aliphatic rings. The van der Waals surface area contributed by atoms with Crippen LogP contribution in [0, 0.1) is 0 Å². The number of aromatic nitrogens is 4. The highest BCUT2D eigenvalue weighted by Gasteiger charge is 2.16. The number of aryl methyl sites for hydroxylation is 4. The van der Waals surface area contributed by atoms with Crippen LogP contribution in [-0.2, 0) is 25.7 Å². The van der Waals surface area contributed by atoms with Gasteiger partial charge in [-0.15, -0.1) is 0 Å². The molecule has 0 radical (unpaired) electrons. The van der Waals surface area contributed by atoms with E-state index in [0.717, 1.165) is 48.5 Å². The molecule has 0 aromatic carbocycles. The zero-order valence-electron chi connectivity index (χ0n) is 30.7. The second kappa shape index (κ2) is 19.0. The van der Waals surface area contributed by atoms with E-state index < -0.39 is 0 Å². The van der Waals surface area contributed by atoms with E-state index in [1.807, 2.05) is 0 Å². The number of H-pyrrole nitrogens is 2. The van der Waals surface area contributed by atoms with E-state index in [0.29, 0.717) is 0 Å². The van der Waals surface area contributed by atoms with Gasteiger partial charge in [0.25, 0.3) is 0 Å². The third-order valence-electron chi connectivity index (χ3n) is 10.3. The second-order valence-electron chi connectivity index (χ2n) is 14.2. The molecule has 0 unspecified atom stereocenters. The van der Waals surface area contributed by atoms with E-state index in [2.05, 4.69) is 86.2 Å². The van der Waals surface area contributed by atoms with Crippen LogP contribution in [0.1, 0.15) is 175 Å². The molecule has 0 aliphatic carbocycles. The van der Waals surface area contributed by atoms with Gasteiger partial charge >= 0.3 is 0 Å². The van der Waals surface area contributed by atoms with Crippen molar-refractivity contribution in [3.05, 3.63) is 69.3 Å². The Hall–Kier alpha value is -3.40. The Kier molecular flexibility index (Phi) is 14.2. The Morgan fingerprint density at radius 2 is 0.604 bits per heavy atom. The molecular formula is C44H62N4. The van der Waals surface area contributed by atoms with Crippen molar-refractivity contribution in [1.29, 1.82) is 0 Å². The fourth-order valence-electron chi connectivity index (χ4n) is 7.41. The number of nitrogens with one attached hydrogen (secondary N) is 2. The summed E-state index contributed by atoms with van der Waals surface area (Å²) in [6.45, 7) is 9.17. The molecule has 0 fully saturated rings. The highest BCUT2D eigenvalue weighted by molar-refractivity contribution is 5.83. The van der Waals surface area contributed by atoms with Crippen LogP contribution in [0.4, 0.5) is 0 Å². The van der Waals surface area contributed by atoms with E-state index in [1.54, 1.807) is 0 Å². The number of unbranched alkanes of at least 4 members (excludes halogenated alkanes) is 12. The van der Waals surface area contributed by atoms with Gasteiger partial charge in [-0.2, -0.15) is 0 Å². The molecule has 2 N–H and O–H groups in total. The molecule has 0 spiro atoms. The summed E-state index contributed by atoms with van der Waals surface area (Å²) >= 11 is 0. The van der Waals surface area contributed by atoms with Crippen molar-refractivity contribution < 1.29 is 0 Å². The van der Waals surface area contributed by atoms with E-state index >= 15 is 0 Å². The first-order chi connectivity index (χ1) is 23.7. The maximum absolute atomic E-state index is 5.42. The molecule has 0 atom stereocenters. The molecular weight excluding hydrogens is 585 g/mol. The molecule has 8 bridgehead atoms. The van der Waals surface area contributed by atoms with Crippen LogP contribution in [0.5, 0.6) is 0 Å². The van der Waals surface area contributed by atoms with E-state index in [4.69, 9.17) is 9.97 Å². The molecule has 4 nitrogen and oxygen atoms in total. The molecule has 5 rings (SSSR count). The molecule has 258 valence electrons. The van der Waals surface area contributed by atoms with Crippen LogP contribution in [0.15, 0.2) is 24.3 Å². The SMILES string of the molecule is CCCCCCc1c2nc(c(CCCCCC)c3ccc([nH]3)c(CCCCCC)c3nc(c(CCCCCC)c4ccc1[nH]4)C=C3)C=C2. The third kappa shape index (κ3) is 9.39. The number of aromatic amines is 2. The molecule has 0 saturated carbocycles. The Bertz CT molecular complexity index is 1440. The fraction of sp³-hybridized carbons (Fsp3) is 0.545. The number of rotatable bonds is 20. The fourth-order valence-corrected chi connectivity index (χ4v) is 7.41. The summed E-state index contributed by atoms with van der Waals surface area (Å²) < 4.78 is 0. The lowest BCUT2D eigenvalue weighted by Crippen LogP contribution is -1.96. The summed E-state index contributed by atoms with van der Waals surface area (Å²) in [5, 5.41) is 0. The van der Waals surface area contributed by atoms with Gasteiger partial charge in [-0.3, -0.25) is 0 Å². The zero-order chi connectivity index (χ0) is 33.6. The summed E-state index contributed by atoms with van der Waals surface area (Å²) in [5.74, 6) is 0. The van der Waals surface area contributed by atoms with Gasteiger partial charge in [0.2, 0.25) is 0 Å². The van der Waals surface area contributed by atoms with Crippen molar-refractivity contribution in [3.63, 3.8) is 0 Å². The maximum Gasteiger partial charge on any atom is 0.0690 e. The Morgan fingerprint density at radius 3 is 0.833 bits per heavy atom. The van der Waals surface area contributed by atoms with Crippen LogP contribution >= 0.6 is 0 Å². The molecule has 48 heavy (non-hydrogen) atoms. The van der Waals surface area contributed by atoms with Crippen molar-refractivity contribution >= 4 is 46.4 Å². The first-order valence-electron chi connectivity index (χ1n) is 19.8. The topological polar surface area (TPSA) is 57.4 Å². The van der Waals surface area contributed by atoms with Gasteiger partial charge in [0.1, 0.15) is 0 Å². The first-order valence-corrected chi connectivity index (χ1v) is 19.8. The number of fused-ring (bicyclic) bond motifs is 8. The Morgan fingerprint density at radius 1 is 0.354 bits per heavy atom. The lowest BCUT2D eigenvalue weighted by Gasteiger charge is -2.06. The number of nitrogens with zero attached hydrogens (tertiary/aromatic N) is 2. The maximum atomic E-state index is 5.42. The summed E-state index contributed by atoms with van der Waals surface area (Å²) in [7, 11) is 0. The lowest BCUT2D eigenvalue weighted by atomic mass is 10.0. The van der Waals surface area contributed by atoms with Crippen LogP contribution in [0.25, 0.3) is 46.4 Å². The van der Waals surface area contributed by atoms with Crippen molar-refractivity contribution in [3.8, 4) is 0 Å². The van der Waals surface area contributed by atoms with Gasteiger partial charge in [-0.05, 0) is 99.9 Å². The van der Waals surface area contributed by atoms with Crippen LogP contribution in [-0.4, -0.2) is 19.9 Å². The van der Waals surface area contributed by atoms with E-state index in [9.17, 15) is 0 Å². The van der Waals surface area contributed by atoms with Crippen molar-refractivity contribution in [2.24, 2.45) is 0 Å². The largest absolute Gasteiger partial charge is 0.355 e. The molecule has 0 amide bonds. The molecule has 2 aliphatic heterocycles. The number of hydrogen-bond acceptors (Lipinski definition) is 2. The zero-order valence-corrected chi connectivity index (χ0v) is 30.7. The molecule has 4 heteroatoms. The highest BCUT2D eigenvalue weighted by atomic mass is 14.8. The second-order valence-corrected chi connectivity index (χ2v) is 14.2. The smallest absolute Gasteiger partial charge is 0.0690 e. The molecule has 5 heterocycles. The van der Waals surface area contributed by atoms with Gasteiger partial charge in [0, 0.05) is 44.3 Å². The van der Waals surface area contributed by atoms with Gasteiger partial charge in [0.15, 0.2) is 0 Å². The minimum Gasteiger partial charge on any atom is -0.355 e. The molecule has 3 aromatic rings. The average Bonchev–Trinajstić information content (AvgIpc) is 3.93. The first kappa shape index (κ1) is 35.9. The van der Waals surface area contributed by atoms with Crippen molar-refractivity contribution in [2.45, 2.75) is 156 Å². The van der Waals surface area contributed by atoms with E-state index in [-0.39, 0.29) is 0 Å². The molecule has 0 saturated heterocycles. The summed E-state index contributed by atoms with van der Waals surface area (Å²) in [4.78, 5) is 18.7. The van der Waals surface area contributed by atoms with Crippen molar-refractivity contribution in [1.82, 2.24) is 19.9 Å². The minimum absolute atomic E-state index is 1.04. The number of hydrogen-bond donors (Lipinski definition) is 2. The third-order valence-corrected chi connectivity index (χ3v) is 10.3. The van der Waals surface area contributed by atoms with Gasteiger partial charge in [-0.25, -0.2) is 9.97 Å². The normalized spacial score (nSPS) is 12.4. The molecule has 3 aromatic heterocycles. The highest BCUT2D eigenvalue weighted by Crippen LogP contribution is 2.30. The Balaban J connectivity index is 1.75. The van der Waals surface area contributed by atoms with Crippen LogP contribution in [0.3, 0.4) is 0 Å². The van der Waals surface area contributed by atoms with Crippen molar-refractivity contribution in [2.75, 3.05) is 0 Å². The van der Waals surface area contributed by atoms with Gasteiger partial charge < -0.3 is 9.97 Å². The quantitative estimate of drug-likeness (QED) is 0.0827. The summed E-state index contributed by atoms with van der Waals surface area (Å²) in [6.07, 6.45) is 33.2. The summed E-state index contributed by atoms with van der Waals surface area (Å²) in [5.41, 5.74) is 14.7. The predicted octanol–water partition coefficient (Wildman–Crippen LogP) is 13.1. The lowest BCUT2D eigenvalue weighted by molar-refractivity contribution is 0.665. The van der Waals surface area contributed by atoms with Gasteiger partial charge in [0.05, 0.1) is 22.8 Å². The minimum atomic E-state index is 1.04. The average molecular weight is 647 g/mol.